The van der Waals surface area contributed by atoms with Gasteiger partial charge < -0.3 is 39.0 Å². The molecule has 0 spiro atoms. The SMILES string of the molecule is CCCCC/C=C\C/C=C\C/C=C\CCCCCCCCC(=O)OCC(COC1OC(C(=O)O)C(O)C(O)C1OC(=O)CCCCCCCCCCCCCCC)OC(=O)CCCCCCCCC/C=C\C/C=C\CCCCC. The number of hydrogen-bond acceptors (Lipinski definition) is 11. The van der Waals surface area contributed by atoms with Crippen LogP contribution in [-0.4, -0.2) is 89.2 Å². The largest absolute Gasteiger partial charge is 0.479 e. The van der Waals surface area contributed by atoms with Gasteiger partial charge in [-0.1, -0.05) is 242 Å². The standard InChI is InChI=1S/C67H116O12/c1-4-7-10-13-16-19-22-25-27-29-30-32-33-36-38-41-44-47-50-53-59(68)75-56-58(77-60(69)54-51-48-45-42-40-37-34-31-28-26-23-20-17-14-11-8-5-2)57-76-67-65(63(72)62(71)64(79-67)66(73)74)78-61(70)55-52-49-46-43-39-35-24-21-18-15-12-9-6-3/h16-17,19-20,25-28,30,32,58,62-65,67,71-72H,4-15,18,21-24,29,31,33-57H2,1-3H3,(H,73,74)/b19-16-,20-17-,27-25-,28-26-,32-30-. The summed E-state index contributed by atoms with van der Waals surface area (Å²) in [6.07, 6.45) is 56.0. The highest BCUT2D eigenvalue weighted by atomic mass is 16.7. The summed E-state index contributed by atoms with van der Waals surface area (Å²) in [4.78, 5) is 51.3. The topological polar surface area (TPSA) is 175 Å². The van der Waals surface area contributed by atoms with Crippen molar-refractivity contribution in [3.8, 4) is 0 Å². The third-order valence-corrected chi connectivity index (χ3v) is 14.6. The van der Waals surface area contributed by atoms with Gasteiger partial charge in [0.2, 0.25) is 0 Å². The van der Waals surface area contributed by atoms with Gasteiger partial charge in [-0.05, 0) is 89.9 Å². The second kappa shape index (κ2) is 55.0. The number of aliphatic hydroxyl groups is 2. The molecule has 0 aromatic heterocycles. The molecule has 0 bridgehead atoms. The number of esters is 3. The van der Waals surface area contributed by atoms with Crippen LogP contribution in [0.2, 0.25) is 0 Å². The fourth-order valence-corrected chi connectivity index (χ4v) is 9.58. The molecule has 6 atom stereocenters. The fraction of sp³-hybridized carbons (Fsp3) is 0.791. The number of carboxylic acids is 1. The predicted octanol–water partition coefficient (Wildman–Crippen LogP) is 17.1. The van der Waals surface area contributed by atoms with Gasteiger partial charge in [0.05, 0.1) is 6.61 Å². The summed E-state index contributed by atoms with van der Waals surface area (Å²) in [5, 5.41) is 31.5. The van der Waals surface area contributed by atoms with Gasteiger partial charge in [-0.2, -0.15) is 0 Å². The van der Waals surface area contributed by atoms with Crippen LogP contribution in [0.4, 0.5) is 0 Å². The predicted molar refractivity (Wildman–Crippen MR) is 322 cm³/mol. The lowest BCUT2D eigenvalue weighted by Gasteiger charge is -2.40. The van der Waals surface area contributed by atoms with E-state index in [1.807, 2.05) is 0 Å². The summed E-state index contributed by atoms with van der Waals surface area (Å²) in [5.74, 6) is -3.13. The van der Waals surface area contributed by atoms with Crippen LogP contribution in [0.5, 0.6) is 0 Å². The number of allylic oxidation sites excluding steroid dienone is 10. The molecule has 0 aliphatic carbocycles. The highest BCUT2D eigenvalue weighted by molar-refractivity contribution is 5.74. The Hall–Kier alpha value is -3.58. The van der Waals surface area contributed by atoms with Gasteiger partial charge in [0, 0.05) is 19.3 Å². The molecule has 3 N–H and O–H groups in total. The number of aliphatic carboxylic acids is 1. The molecule has 1 fully saturated rings. The maximum atomic E-state index is 13.2. The molecule has 456 valence electrons. The summed E-state index contributed by atoms with van der Waals surface area (Å²) in [7, 11) is 0. The highest BCUT2D eigenvalue weighted by Gasteiger charge is 2.50. The van der Waals surface area contributed by atoms with Crippen LogP contribution in [0.1, 0.15) is 290 Å². The van der Waals surface area contributed by atoms with E-state index in [0.717, 1.165) is 122 Å². The molecule has 1 heterocycles. The van der Waals surface area contributed by atoms with E-state index in [1.165, 1.54) is 109 Å². The van der Waals surface area contributed by atoms with Crippen LogP contribution in [-0.2, 0) is 42.9 Å². The molecule has 0 saturated carbocycles. The van der Waals surface area contributed by atoms with Crippen LogP contribution in [0.25, 0.3) is 0 Å². The molecular weight excluding hydrogens is 997 g/mol. The summed E-state index contributed by atoms with van der Waals surface area (Å²) >= 11 is 0. The normalized spacial score (nSPS) is 18.2. The Bertz CT molecular complexity index is 1600. The first kappa shape index (κ1) is 73.4. The average Bonchev–Trinajstić information content (AvgIpc) is 3.44. The Morgan fingerprint density at radius 3 is 1.18 bits per heavy atom. The number of carbonyl (C=O) groups is 4. The lowest BCUT2D eigenvalue weighted by molar-refractivity contribution is -0.301. The number of ether oxygens (including phenoxy) is 5. The van der Waals surface area contributed by atoms with Crippen LogP contribution in [0.3, 0.4) is 0 Å². The van der Waals surface area contributed by atoms with Gasteiger partial charge in [0.15, 0.2) is 24.6 Å². The molecule has 1 aliphatic rings. The zero-order valence-corrected chi connectivity index (χ0v) is 50.4. The number of carboxylic acid groups (broad SMARTS) is 1. The van der Waals surface area contributed by atoms with Crippen LogP contribution >= 0.6 is 0 Å². The van der Waals surface area contributed by atoms with Gasteiger partial charge in [0.1, 0.15) is 18.8 Å². The van der Waals surface area contributed by atoms with Gasteiger partial charge >= 0.3 is 23.9 Å². The van der Waals surface area contributed by atoms with Crippen molar-refractivity contribution in [1.29, 1.82) is 0 Å². The van der Waals surface area contributed by atoms with Crippen molar-refractivity contribution >= 4 is 23.9 Å². The first-order chi connectivity index (χ1) is 38.6. The average molecular weight is 1110 g/mol. The molecule has 0 aromatic carbocycles. The quantitative estimate of drug-likeness (QED) is 0.0228. The van der Waals surface area contributed by atoms with Crippen molar-refractivity contribution in [2.75, 3.05) is 13.2 Å². The van der Waals surface area contributed by atoms with Crippen molar-refractivity contribution < 1.29 is 58.2 Å². The summed E-state index contributed by atoms with van der Waals surface area (Å²) in [6, 6.07) is 0. The summed E-state index contributed by atoms with van der Waals surface area (Å²) in [5.41, 5.74) is 0. The molecule has 1 rings (SSSR count). The van der Waals surface area contributed by atoms with Gasteiger partial charge in [-0.3, -0.25) is 14.4 Å². The fourth-order valence-electron chi connectivity index (χ4n) is 9.58. The maximum absolute atomic E-state index is 13.2. The van der Waals surface area contributed by atoms with Crippen LogP contribution in [0.15, 0.2) is 60.8 Å². The lowest BCUT2D eigenvalue weighted by Crippen LogP contribution is -2.61. The Kier molecular flexibility index (Phi) is 51.1. The number of hydrogen-bond donors (Lipinski definition) is 3. The molecule has 6 unspecified atom stereocenters. The zero-order valence-electron chi connectivity index (χ0n) is 50.4. The monoisotopic (exact) mass is 1110 g/mol. The molecule has 1 saturated heterocycles. The highest BCUT2D eigenvalue weighted by Crippen LogP contribution is 2.27. The van der Waals surface area contributed by atoms with Gasteiger partial charge in [-0.25, -0.2) is 4.79 Å². The minimum atomic E-state index is -1.90. The zero-order chi connectivity index (χ0) is 57.5. The minimum absolute atomic E-state index is 0.0609. The third kappa shape index (κ3) is 44.7. The van der Waals surface area contributed by atoms with Crippen molar-refractivity contribution in [3.05, 3.63) is 60.8 Å². The van der Waals surface area contributed by atoms with Crippen LogP contribution in [0, 0.1) is 0 Å². The second-order valence-electron chi connectivity index (χ2n) is 22.0. The van der Waals surface area contributed by atoms with Crippen LogP contribution < -0.4 is 0 Å². The lowest BCUT2D eigenvalue weighted by atomic mass is 9.98. The molecule has 12 nitrogen and oxygen atoms in total. The van der Waals surface area contributed by atoms with E-state index in [-0.39, 0.29) is 25.9 Å². The smallest absolute Gasteiger partial charge is 0.335 e. The van der Waals surface area contributed by atoms with E-state index < -0.39 is 67.3 Å². The van der Waals surface area contributed by atoms with E-state index >= 15 is 0 Å². The molecular formula is C67H116O12. The second-order valence-corrected chi connectivity index (χ2v) is 22.0. The Morgan fingerprint density at radius 1 is 0.418 bits per heavy atom. The molecule has 0 radical (unpaired) electrons. The number of unbranched alkanes of at least 4 members (excludes halogenated alkanes) is 31. The Balaban J connectivity index is 2.67. The summed E-state index contributed by atoms with van der Waals surface area (Å²) < 4.78 is 28.5. The number of rotatable bonds is 55. The first-order valence-electron chi connectivity index (χ1n) is 32.3. The van der Waals surface area contributed by atoms with E-state index in [0.29, 0.717) is 19.3 Å². The first-order valence-corrected chi connectivity index (χ1v) is 32.3. The van der Waals surface area contributed by atoms with Crippen molar-refractivity contribution in [2.45, 2.75) is 327 Å². The van der Waals surface area contributed by atoms with Crippen molar-refractivity contribution in [3.63, 3.8) is 0 Å². The Labute approximate surface area is 481 Å². The maximum Gasteiger partial charge on any atom is 0.335 e. The van der Waals surface area contributed by atoms with E-state index in [9.17, 15) is 34.5 Å². The number of aliphatic hydroxyl groups excluding tert-OH is 2. The molecule has 0 amide bonds. The molecule has 12 heteroatoms. The third-order valence-electron chi connectivity index (χ3n) is 14.6. The summed E-state index contributed by atoms with van der Waals surface area (Å²) in [6.45, 7) is 5.95. The molecule has 79 heavy (non-hydrogen) atoms. The Morgan fingerprint density at radius 2 is 0.759 bits per heavy atom. The number of carbonyl (C=O) groups excluding carboxylic acids is 3. The van der Waals surface area contributed by atoms with Crippen molar-refractivity contribution in [2.24, 2.45) is 0 Å². The van der Waals surface area contributed by atoms with E-state index in [4.69, 9.17) is 23.7 Å². The van der Waals surface area contributed by atoms with Gasteiger partial charge in [-0.15, -0.1) is 0 Å². The van der Waals surface area contributed by atoms with Crippen molar-refractivity contribution in [1.82, 2.24) is 0 Å². The van der Waals surface area contributed by atoms with E-state index in [2.05, 4.69) is 81.5 Å². The minimum Gasteiger partial charge on any atom is -0.479 e. The molecule has 1 aliphatic heterocycles. The van der Waals surface area contributed by atoms with Gasteiger partial charge in [0.25, 0.3) is 0 Å². The van der Waals surface area contributed by atoms with E-state index in [1.54, 1.807) is 0 Å². The molecule has 0 aromatic rings.